The summed E-state index contributed by atoms with van der Waals surface area (Å²) in [6, 6.07) is 5.35. The van der Waals surface area contributed by atoms with Crippen molar-refractivity contribution in [2.75, 3.05) is 18.7 Å². The second kappa shape index (κ2) is 6.90. The highest BCUT2D eigenvalue weighted by Crippen LogP contribution is 2.34. The van der Waals surface area contributed by atoms with Crippen molar-refractivity contribution < 1.29 is 14.3 Å². The molecule has 0 spiro atoms. The van der Waals surface area contributed by atoms with Crippen molar-refractivity contribution in [1.29, 1.82) is 0 Å². The van der Waals surface area contributed by atoms with Gasteiger partial charge in [0, 0.05) is 18.3 Å². The van der Waals surface area contributed by atoms with Crippen LogP contribution in [0.15, 0.2) is 18.2 Å². The molecule has 22 heavy (non-hydrogen) atoms. The minimum absolute atomic E-state index is 0.0447. The maximum absolute atomic E-state index is 12.2. The van der Waals surface area contributed by atoms with Crippen LogP contribution in [-0.4, -0.2) is 25.3 Å². The lowest BCUT2D eigenvalue weighted by Gasteiger charge is -2.23. The summed E-state index contributed by atoms with van der Waals surface area (Å²) in [5, 5.41) is 6.28. The van der Waals surface area contributed by atoms with Crippen LogP contribution in [0.1, 0.15) is 39.0 Å². The molecule has 2 N–H and O–H groups in total. The molecule has 1 saturated carbocycles. The fourth-order valence-corrected chi connectivity index (χ4v) is 3.09. The zero-order valence-electron chi connectivity index (χ0n) is 13.1. The Morgan fingerprint density at radius 3 is 2.82 bits per heavy atom. The van der Waals surface area contributed by atoms with E-state index in [4.69, 9.17) is 9.47 Å². The molecule has 1 unspecified atom stereocenters. The van der Waals surface area contributed by atoms with Crippen LogP contribution in [-0.2, 0) is 4.79 Å². The highest BCUT2D eigenvalue weighted by atomic mass is 16.7. The predicted molar refractivity (Wildman–Crippen MR) is 85.2 cm³/mol. The quantitative estimate of drug-likeness (QED) is 0.878. The number of ether oxygens (including phenoxy) is 2. The van der Waals surface area contributed by atoms with Crippen LogP contribution < -0.4 is 20.1 Å². The van der Waals surface area contributed by atoms with E-state index in [1.165, 1.54) is 32.1 Å². The summed E-state index contributed by atoms with van der Waals surface area (Å²) in [5.41, 5.74) is 0.865. The number of benzene rings is 1. The third-order valence-electron chi connectivity index (χ3n) is 4.44. The lowest BCUT2D eigenvalue weighted by Crippen LogP contribution is -2.40. The van der Waals surface area contributed by atoms with Gasteiger partial charge in [0.05, 0.1) is 0 Å². The first kappa shape index (κ1) is 15.0. The van der Waals surface area contributed by atoms with Gasteiger partial charge in [-0.15, -0.1) is 0 Å². The van der Waals surface area contributed by atoms with Gasteiger partial charge >= 0.3 is 0 Å². The first-order valence-corrected chi connectivity index (χ1v) is 8.16. The van der Waals surface area contributed by atoms with E-state index in [0.29, 0.717) is 5.92 Å². The highest BCUT2D eigenvalue weighted by Gasteiger charge is 2.18. The smallest absolute Gasteiger partial charge is 0.242 e. The first-order chi connectivity index (χ1) is 10.7. The molecule has 2 aliphatic rings. The summed E-state index contributed by atoms with van der Waals surface area (Å²) in [4.78, 5) is 12.2. The minimum atomic E-state index is -0.274. The number of hydrogen-bond donors (Lipinski definition) is 2. The molecule has 1 aromatic rings. The molecule has 0 saturated heterocycles. The summed E-state index contributed by atoms with van der Waals surface area (Å²) >= 11 is 0. The van der Waals surface area contributed by atoms with Gasteiger partial charge in [0.2, 0.25) is 12.7 Å². The number of anilines is 1. The molecule has 120 valence electrons. The van der Waals surface area contributed by atoms with E-state index in [1.54, 1.807) is 0 Å². The monoisotopic (exact) mass is 304 g/mol. The molecule has 1 atom stereocenters. The Morgan fingerprint density at radius 1 is 1.23 bits per heavy atom. The fraction of sp³-hybridized carbons (Fsp3) is 0.588. The molecule has 1 aliphatic carbocycles. The molecule has 0 radical (unpaired) electrons. The number of carbonyl (C=O) groups is 1. The molecule has 5 nitrogen and oxygen atoms in total. The molecular formula is C17H24N2O3. The number of nitrogens with one attached hydrogen (secondary N) is 2. The van der Waals surface area contributed by atoms with Gasteiger partial charge in [-0.25, -0.2) is 0 Å². The van der Waals surface area contributed by atoms with Gasteiger partial charge in [-0.05, 0) is 37.8 Å². The number of amides is 1. The topological polar surface area (TPSA) is 59.6 Å². The van der Waals surface area contributed by atoms with Gasteiger partial charge in [-0.3, -0.25) is 4.79 Å². The normalized spacial score (nSPS) is 18.8. The summed E-state index contributed by atoms with van der Waals surface area (Å²) in [7, 11) is 0. The van der Waals surface area contributed by atoms with Crippen LogP contribution in [0.25, 0.3) is 0 Å². The van der Waals surface area contributed by atoms with Gasteiger partial charge < -0.3 is 20.1 Å². The van der Waals surface area contributed by atoms with Gasteiger partial charge in [0.1, 0.15) is 6.04 Å². The van der Waals surface area contributed by atoms with E-state index in [9.17, 15) is 4.79 Å². The van der Waals surface area contributed by atoms with Gasteiger partial charge in [0.15, 0.2) is 11.5 Å². The SMILES string of the molecule is CC(Nc1ccc2c(c1)OCO2)C(=O)NCC1CCCCC1. The standard InChI is InChI=1S/C17H24N2O3/c1-12(17(20)18-10-13-5-3-2-4-6-13)19-14-7-8-15-16(9-14)22-11-21-15/h7-9,12-13,19H,2-6,10-11H2,1H3,(H,18,20). The van der Waals surface area contributed by atoms with E-state index < -0.39 is 0 Å². The molecule has 1 aromatic carbocycles. The van der Waals surface area contributed by atoms with E-state index in [-0.39, 0.29) is 18.7 Å². The number of hydrogen-bond acceptors (Lipinski definition) is 4. The van der Waals surface area contributed by atoms with Gasteiger partial charge in [0.25, 0.3) is 0 Å². The van der Waals surface area contributed by atoms with E-state index in [1.807, 2.05) is 25.1 Å². The van der Waals surface area contributed by atoms with E-state index in [0.717, 1.165) is 23.7 Å². The highest BCUT2D eigenvalue weighted by molar-refractivity contribution is 5.84. The largest absolute Gasteiger partial charge is 0.454 e. The number of rotatable bonds is 5. The molecule has 0 aromatic heterocycles. The molecule has 1 amide bonds. The molecule has 1 fully saturated rings. The second-order valence-electron chi connectivity index (χ2n) is 6.18. The van der Waals surface area contributed by atoms with Crippen molar-refractivity contribution in [2.24, 2.45) is 5.92 Å². The molecular weight excluding hydrogens is 280 g/mol. The Kier molecular flexibility index (Phi) is 4.71. The Labute approximate surface area is 131 Å². The van der Waals surface area contributed by atoms with Crippen LogP contribution in [0.5, 0.6) is 11.5 Å². The summed E-state index contributed by atoms with van der Waals surface area (Å²) < 4.78 is 10.6. The third-order valence-corrected chi connectivity index (χ3v) is 4.44. The maximum Gasteiger partial charge on any atom is 0.242 e. The fourth-order valence-electron chi connectivity index (χ4n) is 3.09. The average molecular weight is 304 g/mol. The minimum Gasteiger partial charge on any atom is -0.454 e. The van der Waals surface area contributed by atoms with Crippen LogP contribution in [0.2, 0.25) is 0 Å². The van der Waals surface area contributed by atoms with Crippen molar-refractivity contribution in [2.45, 2.75) is 45.1 Å². The number of carbonyl (C=O) groups excluding carboxylic acids is 1. The van der Waals surface area contributed by atoms with Crippen molar-refractivity contribution in [3.05, 3.63) is 18.2 Å². The van der Waals surface area contributed by atoms with Crippen LogP contribution in [0, 0.1) is 5.92 Å². The van der Waals surface area contributed by atoms with Crippen LogP contribution in [0.3, 0.4) is 0 Å². The number of fused-ring (bicyclic) bond motifs is 1. The van der Waals surface area contributed by atoms with Crippen LogP contribution >= 0.6 is 0 Å². The molecule has 0 bridgehead atoms. The Hall–Kier alpha value is -1.91. The van der Waals surface area contributed by atoms with E-state index in [2.05, 4.69) is 10.6 Å². The van der Waals surface area contributed by atoms with Gasteiger partial charge in [-0.2, -0.15) is 0 Å². The Balaban J connectivity index is 1.48. The molecule has 1 heterocycles. The van der Waals surface area contributed by atoms with Gasteiger partial charge in [-0.1, -0.05) is 19.3 Å². The zero-order valence-corrected chi connectivity index (χ0v) is 13.1. The Bertz CT molecular complexity index is 527. The summed E-state index contributed by atoms with van der Waals surface area (Å²) in [6.45, 7) is 2.93. The second-order valence-corrected chi connectivity index (χ2v) is 6.18. The average Bonchev–Trinajstić information content (AvgIpc) is 3.01. The van der Waals surface area contributed by atoms with Crippen molar-refractivity contribution in [1.82, 2.24) is 5.32 Å². The lowest BCUT2D eigenvalue weighted by atomic mass is 9.89. The van der Waals surface area contributed by atoms with E-state index >= 15 is 0 Å². The molecule has 5 heteroatoms. The lowest BCUT2D eigenvalue weighted by molar-refractivity contribution is -0.121. The van der Waals surface area contributed by atoms with Crippen molar-refractivity contribution in [3.8, 4) is 11.5 Å². The van der Waals surface area contributed by atoms with Crippen molar-refractivity contribution >= 4 is 11.6 Å². The molecule has 1 aliphatic heterocycles. The maximum atomic E-state index is 12.2. The van der Waals surface area contributed by atoms with Crippen LogP contribution in [0.4, 0.5) is 5.69 Å². The summed E-state index contributed by atoms with van der Waals surface area (Å²) in [5.74, 6) is 2.17. The summed E-state index contributed by atoms with van der Waals surface area (Å²) in [6.07, 6.45) is 6.41. The van der Waals surface area contributed by atoms with Crippen molar-refractivity contribution in [3.63, 3.8) is 0 Å². The third kappa shape index (κ3) is 3.64. The Morgan fingerprint density at radius 2 is 2.00 bits per heavy atom. The predicted octanol–water partition coefficient (Wildman–Crippen LogP) is 2.91. The molecule has 3 rings (SSSR count). The zero-order chi connectivity index (χ0) is 15.4. The first-order valence-electron chi connectivity index (χ1n) is 8.16.